The Hall–Kier alpha value is -1.06. The first-order chi connectivity index (χ1) is 11.0. The van der Waals surface area contributed by atoms with Gasteiger partial charge in [0.2, 0.25) is 11.8 Å². The van der Waals surface area contributed by atoms with Crippen molar-refractivity contribution in [3.63, 3.8) is 0 Å². The zero-order valence-corrected chi connectivity index (χ0v) is 15.0. The fourth-order valence-electron chi connectivity index (χ4n) is 4.24. The minimum atomic E-state index is -0.0961. The molecular formula is C19H32N2O2. The molecule has 3 fully saturated rings. The molecule has 2 aliphatic carbocycles. The summed E-state index contributed by atoms with van der Waals surface area (Å²) >= 11 is 0. The minimum absolute atomic E-state index is 0.0961. The van der Waals surface area contributed by atoms with Gasteiger partial charge in [0.15, 0.2) is 0 Å². The summed E-state index contributed by atoms with van der Waals surface area (Å²) in [7, 11) is 0. The van der Waals surface area contributed by atoms with Crippen LogP contribution in [0.3, 0.4) is 0 Å². The first kappa shape index (κ1) is 16.8. The van der Waals surface area contributed by atoms with Crippen molar-refractivity contribution in [2.75, 3.05) is 13.1 Å². The molecule has 1 saturated heterocycles. The van der Waals surface area contributed by atoms with E-state index in [1.54, 1.807) is 0 Å². The van der Waals surface area contributed by atoms with E-state index in [2.05, 4.69) is 25.7 Å². The molecule has 4 heteroatoms. The monoisotopic (exact) mass is 320 g/mol. The minimum Gasteiger partial charge on any atom is -0.339 e. The molecule has 0 bridgehead atoms. The van der Waals surface area contributed by atoms with Gasteiger partial charge in [0.05, 0.1) is 5.92 Å². The Kier molecular flexibility index (Phi) is 4.98. The normalized spacial score (nSPS) is 31.7. The molecule has 0 unspecified atom stereocenters. The molecule has 0 spiro atoms. The highest BCUT2D eigenvalue weighted by atomic mass is 16.2. The topological polar surface area (TPSA) is 40.6 Å². The standard InChI is InChI=1S/C19H32N2O2/c1-13(2)11-21(17-8-9-17)19(23)15-10-18(22)20(12-15)16-6-4-14(3)5-7-16/h13-17H,4-12H2,1-3H3/t14?,15-,16?/m1/s1. The Morgan fingerprint density at radius 1 is 1.17 bits per heavy atom. The largest absolute Gasteiger partial charge is 0.339 e. The molecule has 0 radical (unpaired) electrons. The number of carbonyl (C=O) groups is 2. The van der Waals surface area contributed by atoms with Gasteiger partial charge in [-0.1, -0.05) is 20.8 Å². The highest BCUT2D eigenvalue weighted by Gasteiger charge is 2.43. The van der Waals surface area contributed by atoms with E-state index in [9.17, 15) is 9.59 Å². The van der Waals surface area contributed by atoms with Gasteiger partial charge in [-0.25, -0.2) is 0 Å². The predicted octanol–water partition coefficient (Wildman–Crippen LogP) is 3.06. The number of nitrogens with zero attached hydrogens (tertiary/aromatic N) is 2. The number of carbonyl (C=O) groups excluding carboxylic acids is 2. The lowest BCUT2D eigenvalue weighted by molar-refractivity contribution is -0.137. The Morgan fingerprint density at radius 3 is 2.39 bits per heavy atom. The second-order valence-corrected chi connectivity index (χ2v) is 8.48. The van der Waals surface area contributed by atoms with Gasteiger partial charge in [0.1, 0.15) is 0 Å². The van der Waals surface area contributed by atoms with Crippen molar-refractivity contribution < 1.29 is 9.59 Å². The molecule has 1 aliphatic heterocycles. The van der Waals surface area contributed by atoms with Crippen molar-refractivity contribution in [3.8, 4) is 0 Å². The van der Waals surface area contributed by atoms with E-state index < -0.39 is 0 Å². The van der Waals surface area contributed by atoms with E-state index in [1.165, 1.54) is 12.8 Å². The molecule has 0 aromatic rings. The lowest BCUT2D eigenvalue weighted by Crippen LogP contribution is -2.42. The van der Waals surface area contributed by atoms with E-state index in [0.29, 0.717) is 31.0 Å². The summed E-state index contributed by atoms with van der Waals surface area (Å²) in [5.41, 5.74) is 0. The molecule has 23 heavy (non-hydrogen) atoms. The van der Waals surface area contributed by atoms with Crippen LogP contribution in [0.15, 0.2) is 0 Å². The number of rotatable bonds is 5. The molecule has 3 rings (SSSR count). The van der Waals surface area contributed by atoms with Crippen LogP contribution in [0.1, 0.15) is 65.7 Å². The molecule has 0 aromatic heterocycles. The summed E-state index contributed by atoms with van der Waals surface area (Å²) in [6.07, 6.45) is 7.39. The maximum absolute atomic E-state index is 12.9. The van der Waals surface area contributed by atoms with Crippen LogP contribution in [0, 0.1) is 17.8 Å². The average Bonchev–Trinajstić information content (AvgIpc) is 3.27. The third kappa shape index (κ3) is 3.89. The fourth-order valence-corrected chi connectivity index (χ4v) is 4.24. The van der Waals surface area contributed by atoms with Crippen molar-refractivity contribution in [1.82, 2.24) is 9.80 Å². The summed E-state index contributed by atoms with van der Waals surface area (Å²) in [5.74, 6) is 1.64. The van der Waals surface area contributed by atoms with Crippen molar-refractivity contribution in [2.45, 2.75) is 77.8 Å². The maximum atomic E-state index is 12.9. The molecule has 4 nitrogen and oxygen atoms in total. The van der Waals surface area contributed by atoms with Crippen LogP contribution < -0.4 is 0 Å². The molecule has 2 saturated carbocycles. The van der Waals surface area contributed by atoms with Gasteiger partial charge < -0.3 is 9.80 Å². The summed E-state index contributed by atoms with van der Waals surface area (Å²) in [6, 6.07) is 0.834. The van der Waals surface area contributed by atoms with Crippen LogP contribution in [-0.2, 0) is 9.59 Å². The van der Waals surface area contributed by atoms with Crippen LogP contribution in [-0.4, -0.2) is 46.8 Å². The number of hydrogen-bond donors (Lipinski definition) is 0. The molecule has 3 aliphatic rings. The second-order valence-electron chi connectivity index (χ2n) is 8.48. The van der Waals surface area contributed by atoms with Gasteiger partial charge in [0, 0.05) is 31.6 Å². The second kappa shape index (κ2) is 6.82. The zero-order chi connectivity index (χ0) is 16.6. The van der Waals surface area contributed by atoms with Gasteiger partial charge in [-0.15, -0.1) is 0 Å². The summed E-state index contributed by atoms with van der Waals surface area (Å²) < 4.78 is 0. The molecule has 2 amide bonds. The summed E-state index contributed by atoms with van der Waals surface area (Å²) in [6.45, 7) is 8.14. The number of hydrogen-bond acceptors (Lipinski definition) is 2. The van der Waals surface area contributed by atoms with Crippen LogP contribution in [0.2, 0.25) is 0 Å². The van der Waals surface area contributed by atoms with Crippen molar-refractivity contribution in [3.05, 3.63) is 0 Å². The fraction of sp³-hybridized carbons (Fsp3) is 0.895. The van der Waals surface area contributed by atoms with Gasteiger partial charge >= 0.3 is 0 Å². The van der Waals surface area contributed by atoms with Crippen LogP contribution in [0.5, 0.6) is 0 Å². The van der Waals surface area contributed by atoms with E-state index in [1.807, 2.05) is 4.90 Å². The maximum Gasteiger partial charge on any atom is 0.228 e. The van der Waals surface area contributed by atoms with Crippen LogP contribution in [0.4, 0.5) is 0 Å². The first-order valence-electron chi connectivity index (χ1n) is 9.55. The first-order valence-corrected chi connectivity index (χ1v) is 9.55. The SMILES string of the molecule is CC(C)CN(C(=O)[C@@H]1CC(=O)N(C2CCC(C)CC2)C1)C1CC1. The van der Waals surface area contributed by atoms with Crippen molar-refractivity contribution in [2.24, 2.45) is 17.8 Å². The molecule has 0 N–H and O–H groups in total. The van der Waals surface area contributed by atoms with Crippen LogP contribution in [0.25, 0.3) is 0 Å². The summed E-state index contributed by atoms with van der Waals surface area (Å²) in [5, 5.41) is 0. The van der Waals surface area contributed by atoms with E-state index in [-0.39, 0.29) is 17.7 Å². The van der Waals surface area contributed by atoms with Crippen LogP contribution >= 0.6 is 0 Å². The molecule has 0 aromatic carbocycles. The Bertz CT molecular complexity index is 450. The zero-order valence-electron chi connectivity index (χ0n) is 15.0. The average molecular weight is 320 g/mol. The summed E-state index contributed by atoms with van der Waals surface area (Å²) in [4.78, 5) is 29.5. The van der Waals surface area contributed by atoms with Gasteiger partial charge in [-0.2, -0.15) is 0 Å². The highest BCUT2D eigenvalue weighted by molar-refractivity contribution is 5.89. The van der Waals surface area contributed by atoms with E-state index >= 15 is 0 Å². The Morgan fingerprint density at radius 2 is 1.83 bits per heavy atom. The van der Waals surface area contributed by atoms with Gasteiger partial charge in [-0.3, -0.25) is 9.59 Å². The molecule has 1 heterocycles. The number of likely N-dealkylation sites (tertiary alicyclic amines) is 1. The molecule has 1 atom stereocenters. The van der Waals surface area contributed by atoms with Gasteiger partial charge in [0.25, 0.3) is 0 Å². The Balaban J connectivity index is 1.60. The Labute approximate surface area is 140 Å². The van der Waals surface area contributed by atoms with E-state index in [0.717, 1.165) is 38.1 Å². The number of amides is 2. The lowest BCUT2D eigenvalue weighted by Gasteiger charge is -2.34. The molecule has 130 valence electrons. The smallest absolute Gasteiger partial charge is 0.228 e. The van der Waals surface area contributed by atoms with Gasteiger partial charge in [-0.05, 0) is 50.4 Å². The van der Waals surface area contributed by atoms with Crippen molar-refractivity contribution >= 4 is 11.8 Å². The lowest BCUT2D eigenvalue weighted by atomic mass is 9.86. The molecular weight excluding hydrogens is 288 g/mol. The predicted molar refractivity (Wildman–Crippen MR) is 90.8 cm³/mol. The quantitative estimate of drug-likeness (QED) is 0.781. The van der Waals surface area contributed by atoms with E-state index in [4.69, 9.17) is 0 Å². The van der Waals surface area contributed by atoms with Crippen molar-refractivity contribution in [1.29, 1.82) is 0 Å². The highest BCUT2D eigenvalue weighted by Crippen LogP contribution is 2.34. The third-order valence-electron chi connectivity index (χ3n) is 5.77. The third-order valence-corrected chi connectivity index (χ3v) is 5.77.